The minimum Gasteiger partial charge on any atom is -0.477 e. The molecule has 0 atom stereocenters. The third-order valence-electron chi connectivity index (χ3n) is 6.62. The van der Waals surface area contributed by atoms with Gasteiger partial charge in [-0.1, -0.05) is 18.2 Å². The van der Waals surface area contributed by atoms with E-state index in [1.54, 1.807) is 23.0 Å². The van der Waals surface area contributed by atoms with E-state index in [0.717, 1.165) is 43.0 Å². The van der Waals surface area contributed by atoms with E-state index in [2.05, 4.69) is 44.1 Å². The number of ether oxygens (including phenoxy) is 1. The molecule has 38 heavy (non-hydrogen) atoms. The van der Waals surface area contributed by atoms with Crippen LogP contribution in [-0.2, 0) is 9.84 Å². The van der Waals surface area contributed by atoms with E-state index in [1.807, 2.05) is 24.3 Å². The molecule has 0 amide bonds. The highest BCUT2D eigenvalue weighted by Gasteiger charge is 2.22. The van der Waals surface area contributed by atoms with E-state index in [4.69, 9.17) is 14.1 Å². The van der Waals surface area contributed by atoms with Gasteiger partial charge in [-0.3, -0.25) is 0 Å². The summed E-state index contributed by atoms with van der Waals surface area (Å²) in [6, 6.07) is 17.9. The molecule has 0 bridgehead atoms. The molecule has 0 aliphatic carbocycles. The second-order valence-electron chi connectivity index (χ2n) is 9.38. The molecule has 0 radical (unpaired) electrons. The normalized spacial score (nSPS) is 14.4. The smallest absolute Gasteiger partial charge is 0.231 e. The fourth-order valence-corrected chi connectivity index (χ4v) is 5.38. The summed E-state index contributed by atoms with van der Waals surface area (Å²) in [5.74, 6) is 2.00. The number of rotatable bonds is 8. The first-order chi connectivity index (χ1) is 18.4. The molecule has 0 unspecified atom stereocenters. The molecule has 1 aliphatic heterocycles. The molecule has 1 saturated heterocycles. The molecule has 0 N–H and O–H groups in total. The van der Waals surface area contributed by atoms with E-state index >= 15 is 0 Å². The molecular weight excluding hydrogens is 504 g/mol. The van der Waals surface area contributed by atoms with Crippen LogP contribution in [-0.4, -0.2) is 72.8 Å². The van der Waals surface area contributed by atoms with Gasteiger partial charge in [-0.15, -0.1) is 5.10 Å². The van der Waals surface area contributed by atoms with Crippen molar-refractivity contribution in [1.82, 2.24) is 19.6 Å². The lowest BCUT2D eigenvalue weighted by molar-refractivity contribution is 0.301. The third-order valence-corrected chi connectivity index (χ3v) is 7.65. The summed E-state index contributed by atoms with van der Waals surface area (Å²) in [5.41, 5.74) is 3.33. The van der Waals surface area contributed by atoms with E-state index in [-0.39, 0.29) is 12.4 Å². The number of nitrogens with zero attached hydrogens (tertiary/aromatic N) is 6. The van der Waals surface area contributed by atoms with Gasteiger partial charge in [-0.25, -0.2) is 22.9 Å². The predicted molar refractivity (Wildman–Crippen MR) is 147 cm³/mol. The third kappa shape index (κ3) is 5.01. The lowest BCUT2D eigenvalue weighted by Crippen LogP contribution is -2.46. The number of imidazole rings is 1. The monoisotopic (exact) mass is 532 g/mol. The standard InChI is InChI=1S/C27H28N6O4S/c1-38(34,35)17-5-16-36-26-9-8-25-29-19-22(33(25)30-26)24-18-21-23(37-24)10-11-28-27(21)32-14-12-31(13-15-32)20-6-3-2-4-7-20/h2-4,6-11,18-19H,5,12-17H2,1H3. The number of piperazine rings is 1. The van der Waals surface area contributed by atoms with Crippen LogP contribution in [0.25, 0.3) is 28.1 Å². The average molecular weight is 533 g/mol. The topological polar surface area (TPSA) is 106 Å². The minimum atomic E-state index is -3.03. The maximum Gasteiger partial charge on any atom is 0.231 e. The second-order valence-corrected chi connectivity index (χ2v) is 11.6. The van der Waals surface area contributed by atoms with Crippen LogP contribution in [0, 0.1) is 0 Å². The van der Waals surface area contributed by atoms with Crippen molar-refractivity contribution in [2.75, 3.05) is 54.6 Å². The lowest BCUT2D eigenvalue weighted by atomic mass is 10.2. The first-order valence-electron chi connectivity index (χ1n) is 12.5. The van der Waals surface area contributed by atoms with Gasteiger partial charge in [0, 0.05) is 50.4 Å². The molecule has 11 heteroatoms. The highest BCUT2D eigenvalue weighted by Crippen LogP contribution is 2.33. The summed E-state index contributed by atoms with van der Waals surface area (Å²) in [5, 5.41) is 5.50. The maximum atomic E-state index is 11.4. The van der Waals surface area contributed by atoms with Crippen molar-refractivity contribution in [3.8, 4) is 17.3 Å². The number of fused-ring (bicyclic) bond motifs is 2. The number of anilines is 2. The number of benzene rings is 1. The fourth-order valence-electron chi connectivity index (χ4n) is 4.74. The molecule has 5 aromatic rings. The van der Waals surface area contributed by atoms with Crippen LogP contribution in [0.3, 0.4) is 0 Å². The largest absolute Gasteiger partial charge is 0.477 e. The summed E-state index contributed by atoms with van der Waals surface area (Å²) < 4.78 is 36.3. The highest BCUT2D eigenvalue weighted by atomic mass is 32.2. The molecule has 4 aromatic heterocycles. The van der Waals surface area contributed by atoms with Crippen molar-refractivity contribution >= 4 is 38.0 Å². The van der Waals surface area contributed by atoms with Gasteiger partial charge in [0.05, 0.1) is 23.9 Å². The van der Waals surface area contributed by atoms with Crippen LogP contribution in [0.15, 0.2) is 71.4 Å². The Hall–Kier alpha value is -4.12. The van der Waals surface area contributed by atoms with Crippen LogP contribution in [0.2, 0.25) is 0 Å². The predicted octanol–water partition coefficient (Wildman–Crippen LogP) is 3.68. The molecule has 5 heterocycles. The number of furan rings is 1. The van der Waals surface area contributed by atoms with Gasteiger partial charge in [0.1, 0.15) is 26.9 Å². The quantitative estimate of drug-likeness (QED) is 0.277. The Morgan fingerprint density at radius 2 is 1.76 bits per heavy atom. The maximum absolute atomic E-state index is 11.4. The second kappa shape index (κ2) is 9.97. The zero-order chi connectivity index (χ0) is 26.1. The van der Waals surface area contributed by atoms with Crippen molar-refractivity contribution in [2.45, 2.75) is 6.42 Å². The summed E-state index contributed by atoms with van der Waals surface area (Å²) in [6.07, 6.45) is 5.12. The Kier molecular flexibility index (Phi) is 6.36. The molecule has 6 rings (SSSR count). The summed E-state index contributed by atoms with van der Waals surface area (Å²) in [4.78, 5) is 13.9. The van der Waals surface area contributed by atoms with Crippen LogP contribution < -0.4 is 14.5 Å². The SMILES string of the molecule is CS(=O)(=O)CCCOc1ccc2ncc(-c3cc4c(N5CCN(c6ccccc6)CC5)nccc4o3)n2n1. The summed E-state index contributed by atoms with van der Waals surface area (Å²) in [7, 11) is -3.03. The zero-order valence-corrected chi connectivity index (χ0v) is 21.8. The fraction of sp³-hybridized carbons (Fsp3) is 0.296. The Morgan fingerprint density at radius 3 is 2.55 bits per heavy atom. The Morgan fingerprint density at radius 1 is 0.974 bits per heavy atom. The highest BCUT2D eigenvalue weighted by molar-refractivity contribution is 7.90. The summed E-state index contributed by atoms with van der Waals surface area (Å²) in [6.45, 7) is 3.80. The van der Waals surface area contributed by atoms with Gasteiger partial charge < -0.3 is 19.0 Å². The van der Waals surface area contributed by atoms with Gasteiger partial charge in [0.25, 0.3) is 0 Å². The molecular formula is C27H28N6O4S. The summed E-state index contributed by atoms with van der Waals surface area (Å²) >= 11 is 0. The van der Waals surface area contributed by atoms with Crippen LogP contribution in [0.4, 0.5) is 11.5 Å². The van der Waals surface area contributed by atoms with Gasteiger partial charge >= 0.3 is 0 Å². The number of pyridine rings is 1. The van der Waals surface area contributed by atoms with E-state index in [9.17, 15) is 8.42 Å². The molecule has 1 aromatic carbocycles. The van der Waals surface area contributed by atoms with Gasteiger partial charge in [0.15, 0.2) is 11.4 Å². The van der Waals surface area contributed by atoms with E-state index < -0.39 is 9.84 Å². The Balaban J connectivity index is 1.23. The van der Waals surface area contributed by atoms with Crippen molar-refractivity contribution in [2.24, 2.45) is 0 Å². The van der Waals surface area contributed by atoms with E-state index in [0.29, 0.717) is 29.4 Å². The van der Waals surface area contributed by atoms with Crippen LogP contribution in [0.5, 0.6) is 5.88 Å². The van der Waals surface area contributed by atoms with Gasteiger partial charge in [0.2, 0.25) is 5.88 Å². The zero-order valence-electron chi connectivity index (χ0n) is 21.0. The molecule has 1 aliphatic rings. The van der Waals surface area contributed by atoms with E-state index in [1.165, 1.54) is 11.9 Å². The number of hydrogen-bond acceptors (Lipinski definition) is 9. The molecule has 0 spiro atoms. The molecule has 0 saturated carbocycles. The van der Waals surface area contributed by atoms with Crippen molar-refractivity contribution < 1.29 is 17.6 Å². The average Bonchev–Trinajstić information content (AvgIpc) is 3.55. The van der Waals surface area contributed by atoms with Gasteiger partial charge in [-0.2, -0.15) is 0 Å². The lowest BCUT2D eigenvalue weighted by Gasteiger charge is -2.36. The first kappa shape index (κ1) is 24.2. The molecule has 196 valence electrons. The van der Waals surface area contributed by atoms with Gasteiger partial charge in [-0.05, 0) is 36.8 Å². The molecule has 1 fully saturated rings. The van der Waals surface area contributed by atoms with Crippen molar-refractivity contribution in [3.05, 3.63) is 67.0 Å². The Bertz CT molecular complexity index is 1670. The number of sulfone groups is 1. The minimum absolute atomic E-state index is 0.0717. The van der Waals surface area contributed by atoms with Crippen molar-refractivity contribution in [3.63, 3.8) is 0 Å². The molecule has 10 nitrogen and oxygen atoms in total. The number of para-hydroxylation sites is 1. The number of hydrogen-bond donors (Lipinski definition) is 0. The first-order valence-corrected chi connectivity index (χ1v) is 14.6. The van der Waals surface area contributed by atoms with Crippen LogP contribution >= 0.6 is 0 Å². The van der Waals surface area contributed by atoms with Crippen LogP contribution in [0.1, 0.15) is 6.42 Å². The number of aromatic nitrogens is 4. The van der Waals surface area contributed by atoms with Crippen molar-refractivity contribution in [1.29, 1.82) is 0 Å². The Labute approximate surface area is 220 Å².